The third kappa shape index (κ3) is 3.08. The van der Waals surface area contributed by atoms with E-state index in [0.717, 1.165) is 19.0 Å². The zero-order valence-corrected chi connectivity index (χ0v) is 8.58. The summed E-state index contributed by atoms with van der Waals surface area (Å²) in [6.07, 6.45) is 3.63. The molecule has 0 aliphatic heterocycles. The normalized spacial score (nSPS) is 9.86. The molecular weight excluding hydrogens is 180 g/mol. The third-order valence-corrected chi connectivity index (χ3v) is 1.78. The number of hydrogen-bond donors (Lipinski definition) is 2. The van der Waals surface area contributed by atoms with Crippen molar-refractivity contribution in [1.82, 2.24) is 14.9 Å². The van der Waals surface area contributed by atoms with Gasteiger partial charge in [0.15, 0.2) is 0 Å². The number of rotatable bonds is 5. The van der Waals surface area contributed by atoms with Crippen LogP contribution in [0.1, 0.15) is 13.8 Å². The number of hydrogen-bond acceptors (Lipinski definition) is 3. The third-order valence-electron chi connectivity index (χ3n) is 1.78. The highest BCUT2D eigenvalue weighted by molar-refractivity contribution is 5.72. The van der Waals surface area contributed by atoms with Crippen LogP contribution in [0.3, 0.4) is 0 Å². The first-order chi connectivity index (χ1) is 6.74. The second-order valence-corrected chi connectivity index (χ2v) is 2.96. The minimum atomic E-state index is -0.00452. The molecule has 0 fully saturated rings. The van der Waals surface area contributed by atoms with Crippen molar-refractivity contribution in [3.63, 3.8) is 0 Å². The van der Waals surface area contributed by atoms with Gasteiger partial charge in [-0.05, 0) is 6.92 Å². The van der Waals surface area contributed by atoms with E-state index in [9.17, 15) is 4.79 Å². The van der Waals surface area contributed by atoms with Crippen LogP contribution in [0, 0.1) is 0 Å². The van der Waals surface area contributed by atoms with Crippen LogP contribution in [0.2, 0.25) is 0 Å². The van der Waals surface area contributed by atoms with Gasteiger partial charge < -0.3 is 15.2 Å². The van der Waals surface area contributed by atoms with Gasteiger partial charge in [0.1, 0.15) is 0 Å². The second kappa shape index (κ2) is 5.26. The molecule has 0 aromatic carbocycles. The fourth-order valence-electron chi connectivity index (χ4n) is 1.17. The molecule has 5 nitrogen and oxygen atoms in total. The van der Waals surface area contributed by atoms with E-state index in [1.165, 1.54) is 6.92 Å². The Kier molecular flexibility index (Phi) is 3.97. The largest absolute Gasteiger partial charge is 0.356 e. The van der Waals surface area contributed by atoms with Crippen LogP contribution in [-0.4, -0.2) is 28.5 Å². The van der Waals surface area contributed by atoms with Crippen molar-refractivity contribution < 1.29 is 4.79 Å². The molecule has 0 aliphatic carbocycles. The Bertz CT molecular complexity index is 295. The highest BCUT2D eigenvalue weighted by Crippen LogP contribution is 2.02. The Balaban J connectivity index is 2.41. The van der Waals surface area contributed by atoms with Gasteiger partial charge in [0, 0.05) is 39.0 Å². The maximum atomic E-state index is 10.6. The SMILES string of the molecule is CCNc1nccn1CCNC(C)=O. The second-order valence-electron chi connectivity index (χ2n) is 2.96. The van der Waals surface area contributed by atoms with Gasteiger partial charge in [0.05, 0.1) is 0 Å². The van der Waals surface area contributed by atoms with Crippen molar-refractivity contribution >= 4 is 11.9 Å². The number of carbonyl (C=O) groups is 1. The van der Waals surface area contributed by atoms with E-state index in [2.05, 4.69) is 15.6 Å². The monoisotopic (exact) mass is 196 g/mol. The summed E-state index contributed by atoms with van der Waals surface area (Å²) in [6, 6.07) is 0. The van der Waals surface area contributed by atoms with Crippen molar-refractivity contribution in [2.24, 2.45) is 0 Å². The lowest BCUT2D eigenvalue weighted by molar-refractivity contribution is -0.118. The first-order valence-electron chi connectivity index (χ1n) is 4.73. The number of aromatic nitrogens is 2. The van der Waals surface area contributed by atoms with E-state index in [4.69, 9.17) is 0 Å². The van der Waals surface area contributed by atoms with E-state index in [1.807, 2.05) is 17.7 Å². The fraction of sp³-hybridized carbons (Fsp3) is 0.556. The minimum absolute atomic E-state index is 0.00452. The van der Waals surface area contributed by atoms with Crippen molar-refractivity contribution in [3.8, 4) is 0 Å². The molecule has 1 aromatic heterocycles. The molecule has 0 radical (unpaired) electrons. The molecule has 14 heavy (non-hydrogen) atoms. The molecule has 5 heteroatoms. The maximum absolute atomic E-state index is 10.6. The molecule has 1 aromatic rings. The summed E-state index contributed by atoms with van der Waals surface area (Å²) in [7, 11) is 0. The average molecular weight is 196 g/mol. The summed E-state index contributed by atoms with van der Waals surface area (Å²) < 4.78 is 1.97. The van der Waals surface area contributed by atoms with Gasteiger partial charge in [-0.25, -0.2) is 4.98 Å². The zero-order chi connectivity index (χ0) is 10.4. The molecule has 78 valence electrons. The standard InChI is InChI=1S/C9H16N4O/c1-3-10-9-12-5-7-13(9)6-4-11-8(2)14/h5,7H,3-4,6H2,1-2H3,(H,10,12)(H,11,14). The summed E-state index contributed by atoms with van der Waals surface area (Å²) >= 11 is 0. The molecule has 0 unspecified atom stereocenters. The van der Waals surface area contributed by atoms with Crippen molar-refractivity contribution in [1.29, 1.82) is 0 Å². The fourth-order valence-corrected chi connectivity index (χ4v) is 1.17. The van der Waals surface area contributed by atoms with E-state index in [0.29, 0.717) is 6.54 Å². The highest BCUT2D eigenvalue weighted by atomic mass is 16.1. The maximum Gasteiger partial charge on any atom is 0.216 e. The molecule has 0 saturated carbocycles. The molecule has 0 saturated heterocycles. The number of nitrogens with zero attached hydrogens (tertiary/aromatic N) is 2. The van der Waals surface area contributed by atoms with Gasteiger partial charge in [-0.3, -0.25) is 4.79 Å². The van der Waals surface area contributed by atoms with Crippen LogP contribution in [0.4, 0.5) is 5.95 Å². The van der Waals surface area contributed by atoms with Crippen LogP contribution in [0.5, 0.6) is 0 Å². The van der Waals surface area contributed by atoms with Crippen molar-refractivity contribution in [2.75, 3.05) is 18.4 Å². The van der Waals surface area contributed by atoms with Crippen LogP contribution < -0.4 is 10.6 Å². The van der Waals surface area contributed by atoms with Gasteiger partial charge in [0.25, 0.3) is 0 Å². The number of amides is 1. The van der Waals surface area contributed by atoms with Crippen LogP contribution in [0.15, 0.2) is 12.4 Å². The first-order valence-corrected chi connectivity index (χ1v) is 4.73. The Hall–Kier alpha value is -1.52. The number of anilines is 1. The van der Waals surface area contributed by atoms with Gasteiger partial charge in [0.2, 0.25) is 11.9 Å². The first kappa shape index (κ1) is 10.6. The Morgan fingerprint density at radius 2 is 2.43 bits per heavy atom. The lowest BCUT2D eigenvalue weighted by atomic mass is 10.5. The zero-order valence-electron chi connectivity index (χ0n) is 8.58. The molecule has 0 atom stereocenters. The lowest BCUT2D eigenvalue weighted by Crippen LogP contribution is -2.24. The van der Waals surface area contributed by atoms with Crippen LogP contribution >= 0.6 is 0 Å². The molecule has 1 rings (SSSR count). The van der Waals surface area contributed by atoms with Crippen LogP contribution in [-0.2, 0) is 11.3 Å². The Labute approximate surface area is 83.5 Å². The average Bonchev–Trinajstić information content (AvgIpc) is 2.53. The van der Waals surface area contributed by atoms with Gasteiger partial charge >= 0.3 is 0 Å². The van der Waals surface area contributed by atoms with E-state index in [1.54, 1.807) is 6.20 Å². The summed E-state index contributed by atoms with van der Waals surface area (Å²) in [5.41, 5.74) is 0. The summed E-state index contributed by atoms with van der Waals surface area (Å²) in [4.78, 5) is 14.8. The Morgan fingerprint density at radius 3 is 3.07 bits per heavy atom. The molecule has 1 heterocycles. The molecule has 0 bridgehead atoms. The van der Waals surface area contributed by atoms with Gasteiger partial charge in [-0.1, -0.05) is 0 Å². The summed E-state index contributed by atoms with van der Waals surface area (Å²) in [6.45, 7) is 5.75. The Morgan fingerprint density at radius 1 is 1.64 bits per heavy atom. The summed E-state index contributed by atoms with van der Waals surface area (Å²) in [5, 5.41) is 5.87. The highest BCUT2D eigenvalue weighted by Gasteiger charge is 1.99. The quantitative estimate of drug-likeness (QED) is 0.719. The van der Waals surface area contributed by atoms with Crippen molar-refractivity contribution in [2.45, 2.75) is 20.4 Å². The van der Waals surface area contributed by atoms with Crippen LogP contribution in [0.25, 0.3) is 0 Å². The number of carbonyl (C=O) groups excluding carboxylic acids is 1. The molecule has 2 N–H and O–H groups in total. The minimum Gasteiger partial charge on any atom is -0.356 e. The predicted octanol–water partition coefficient (Wildman–Crippen LogP) is 0.451. The topological polar surface area (TPSA) is 59.0 Å². The number of imidazole rings is 1. The van der Waals surface area contributed by atoms with Gasteiger partial charge in [-0.2, -0.15) is 0 Å². The van der Waals surface area contributed by atoms with Crippen molar-refractivity contribution in [3.05, 3.63) is 12.4 Å². The molecule has 0 spiro atoms. The van der Waals surface area contributed by atoms with Gasteiger partial charge in [-0.15, -0.1) is 0 Å². The molecular formula is C9H16N4O. The van der Waals surface area contributed by atoms with E-state index >= 15 is 0 Å². The molecule has 0 aliphatic rings. The summed E-state index contributed by atoms with van der Waals surface area (Å²) in [5.74, 6) is 0.841. The smallest absolute Gasteiger partial charge is 0.216 e. The lowest BCUT2D eigenvalue weighted by Gasteiger charge is -2.08. The van der Waals surface area contributed by atoms with E-state index < -0.39 is 0 Å². The molecule has 1 amide bonds. The predicted molar refractivity (Wildman–Crippen MR) is 55.1 cm³/mol. The number of nitrogens with one attached hydrogen (secondary N) is 2. The van der Waals surface area contributed by atoms with E-state index in [-0.39, 0.29) is 5.91 Å².